The quantitative estimate of drug-likeness (QED) is 0.788. The van der Waals surface area contributed by atoms with Crippen LogP contribution in [0.2, 0.25) is 0 Å². The van der Waals surface area contributed by atoms with Gasteiger partial charge in [0.05, 0.1) is 32.3 Å². The molecule has 0 amide bonds. The van der Waals surface area contributed by atoms with Crippen LogP contribution in [0.4, 0.5) is 0 Å². The van der Waals surface area contributed by atoms with Crippen molar-refractivity contribution >= 4 is 5.78 Å². The van der Waals surface area contributed by atoms with E-state index in [1.54, 1.807) is 6.92 Å². The van der Waals surface area contributed by atoms with E-state index in [0.717, 1.165) is 11.1 Å². The molecule has 112 valence electrons. The van der Waals surface area contributed by atoms with Gasteiger partial charge in [-0.2, -0.15) is 0 Å². The van der Waals surface area contributed by atoms with Gasteiger partial charge in [0, 0.05) is 17.5 Å². The van der Waals surface area contributed by atoms with Gasteiger partial charge >= 0.3 is 0 Å². The van der Waals surface area contributed by atoms with Gasteiger partial charge in [0.25, 0.3) is 0 Å². The monoisotopic (exact) mass is 290 g/mol. The molecule has 3 aliphatic rings. The first-order chi connectivity index (χ1) is 10.2. The van der Waals surface area contributed by atoms with Crippen molar-refractivity contribution in [3.05, 3.63) is 35.4 Å². The van der Waals surface area contributed by atoms with E-state index >= 15 is 0 Å². The maximum absolute atomic E-state index is 12.2. The molecule has 5 nitrogen and oxygen atoms in total. The van der Waals surface area contributed by atoms with Crippen molar-refractivity contribution in [3.63, 3.8) is 0 Å². The van der Waals surface area contributed by atoms with E-state index in [0.29, 0.717) is 32.8 Å². The SMILES string of the molecule is CC(=O)C1CC2(OCCO2)c2ccccc2C12OCCO2. The lowest BCUT2D eigenvalue weighted by Crippen LogP contribution is -2.51. The van der Waals surface area contributed by atoms with Gasteiger partial charge in [0.1, 0.15) is 5.78 Å². The number of rotatable bonds is 1. The van der Waals surface area contributed by atoms with Gasteiger partial charge in [-0.3, -0.25) is 4.79 Å². The van der Waals surface area contributed by atoms with Crippen LogP contribution in [-0.2, 0) is 35.3 Å². The number of ketones is 1. The zero-order valence-corrected chi connectivity index (χ0v) is 12.0. The molecule has 0 N–H and O–H groups in total. The van der Waals surface area contributed by atoms with Crippen LogP contribution in [0.1, 0.15) is 24.5 Å². The van der Waals surface area contributed by atoms with Crippen LogP contribution in [0.5, 0.6) is 0 Å². The summed E-state index contributed by atoms with van der Waals surface area (Å²) in [7, 11) is 0. The molecular formula is C16H18O5. The molecule has 2 aliphatic heterocycles. The third-order valence-electron chi connectivity index (χ3n) is 4.61. The molecule has 2 saturated heterocycles. The maximum atomic E-state index is 12.2. The Morgan fingerprint density at radius 1 is 1.00 bits per heavy atom. The van der Waals surface area contributed by atoms with Gasteiger partial charge in [0.2, 0.25) is 5.79 Å². The Balaban J connectivity index is 1.93. The number of fused-ring (bicyclic) bond motifs is 3. The second kappa shape index (κ2) is 4.61. The van der Waals surface area contributed by atoms with Crippen LogP contribution >= 0.6 is 0 Å². The summed E-state index contributed by atoms with van der Waals surface area (Å²) >= 11 is 0. The molecule has 1 aliphatic carbocycles. The van der Waals surface area contributed by atoms with Crippen LogP contribution < -0.4 is 0 Å². The van der Waals surface area contributed by atoms with Crippen molar-refractivity contribution < 1.29 is 23.7 Å². The van der Waals surface area contributed by atoms with E-state index < -0.39 is 17.5 Å². The highest BCUT2D eigenvalue weighted by Gasteiger charge is 2.60. The molecule has 1 atom stereocenters. The Morgan fingerprint density at radius 3 is 2.19 bits per heavy atom. The van der Waals surface area contributed by atoms with Crippen molar-refractivity contribution in [2.75, 3.05) is 26.4 Å². The molecule has 0 saturated carbocycles. The molecule has 21 heavy (non-hydrogen) atoms. The first kappa shape index (κ1) is 13.4. The predicted molar refractivity (Wildman–Crippen MR) is 72.4 cm³/mol. The first-order valence-electron chi connectivity index (χ1n) is 7.34. The van der Waals surface area contributed by atoms with E-state index in [1.807, 2.05) is 24.3 Å². The number of Topliss-reactive ketones (excluding diaryl/α,β-unsaturated/α-hetero) is 1. The normalized spacial score (nSPS) is 28.9. The molecule has 0 radical (unpaired) electrons. The number of ether oxygens (including phenoxy) is 4. The third-order valence-corrected chi connectivity index (χ3v) is 4.61. The number of hydrogen-bond donors (Lipinski definition) is 0. The van der Waals surface area contributed by atoms with Gasteiger partial charge in [-0.1, -0.05) is 24.3 Å². The minimum Gasteiger partial charge on any atom is -0.343 e. The molecule has 1 unspecified atom stereocenters. The second-order valence-electron chi connectivity index (χ2n) is 5.73. The summed E-state index contributed by atoms with van der Waals surface area (Å²) in [4.78, 5) is 12.2. The zero-order chi connectivity index (χ0) is 14.5. The Hall–Kier alpha value is -1.27. The minimum atomic E-state index is -0.983. The fraction of sp³-hybridized carbons (Fsp3) is 0.562. The lowest BCUT2D eigenvalue weighted by atomic mass is 9.73. The largest absolute Gasteiger partial charge is 0.343 e. The van der Waals surface area contributed by atoms with E-state index in [4.69, 9.17) is 18.9 Å². The molecule has 4 rings (SSSR count). The lowest BCUT2D eigenvalue weighted by molar-refractivity contribution is -0.259. The van der Waals surface area contributed by atoms with E-state index in [9.17, 15) is 4.79 Å². The standard InChI is InChI=1S/C16H18O5/c1-11(17)14-10-15(18-6-7-19-15)12-4-2-3-5-13(12)16(14)20-8-9-21-16/h2-5,14H,6-10H2,1H3. The van der Waals surface area contributed by atoms with E-state index in [1.165, 1.54) is 0 Å². The van der Waals surface area contributed by atoms with Gasteiger partial charge in [0.15, 0.2) is 5.79 Å². The highest BCUT2D eigenvalue weighted by molar-refractivity contribution is 5.80. The summed E-state index contributed by atoms with van der Waals surface area (Å²) in [5.74, 6) is -2.21. The second-order valence-corrected chi connectivity index (χ2v) is 5.73. The smallest absolute Gasteiger partial charge is 0.205 e. The molecule has 0 bridgehead atoms. The molecule has 1 aromatic carbocycles. The molecule has 2 heterocycles. The summed E-state index contributed by atoms with van der Waals surface area (Å²) in [5.41, 5.74) is 1.78. The topological polar surface area (TPSA) is 54.0 Å². The average molecular weight is 290 g/mol. The van der Waals surface area contributed by atoms with Crippen molar-refractivity contribution in [1.82, 2.24) is 0 Å². The molecule has 2 fully saturated rings. The van der Waals surface area contributed by atoms with Gasteiger partial charge in [-0.05, 0) is 6.92 Å². The Kier molecular flexibility index (Phi) is 2.94. The number of hydrogen-bond acceptors (Lipinski definition) is 5. The highest BCUT2D eigenvalue weighted by Crippen LogP contribution is 2.54. The van der Waals surface area contributed by atoms with Crippen molar-refractivity contribution in [2.24, 2.45) is 5.92 Å². The zero-order valence-electron chi connectivity index (χ0n) is 12.0. The summed E-state index contributed by atoms with van der Waals surface area (Å²) in [5, 5.41) is 0. The number of carbonyl (C=O) groups excluding carboxylic acids is 1. The van der Waals surface area contributed by atoms with Gasteiger partial charge < -0.3 is 18.9 Å². The van der Waals surface area contributed by atoms with Crippen molar-refractivity contribution in [3.8, 4) is 0 Å². The fourth-order valence-electron chi connectivity index (χ4n) is 3.74. The van der Waals surface area contributed by atoms with Crippen LogP contribution in [0.3, 0.4) is 0 Å². The van der Waals surface area contributed by atoms with Crippen molar-refractivity contribution in [1.29, 1.82) is 0 Å². The number of carbonyl (C=O) groups is 1. The summed E-state index contributed by atoms with van der Waals surface area (Å²) in [6.45, 7) is 3.63. The van der Waals surface area contributed by atoms with Crippen LogP contribution in [0, 0.1) is 5.92 Å². The summed E-state index contributed by atoms with van der Waals surface area (Å²) in [6.07, 6.45) is 0.430. The molecular weight excluding hydrogens is 272 g/mol. The summed E-state index contributed by atoms with van der Waals surface area (Å²) in [6, 6.07) is 7.80. The van der Waals surface area contributed by atoms with E-state index in [-0.39, 0.29) is 5.78 Å². The lowest BCUT2D eigenvalue weighted by Gasteiger charge is -2.46. The molecule has 0 aromatic heterocycles. The molecule has 5 heteroatoms. The Bertz CT molecular complexity index is 570. The molecule has 2 spiro atoms. The Labute approximate surface area is 123 Å². The highest BCUT2D eigenvalue weighted by atomic mass is 16.8. The van der Waals surface area contributed by atoms with Crippen molar-refractivity contribution in [2.45, 2.75) is 24.9 Å². The fourth-order valence-corrected chi connectivity index (χ4v) is 3.74. The Morgan fingerprint density at radius 2 is 1.57 bits per heavy atom. The maximum Gasteiger partial charge on any atom is 0.205 e. The van der Waals surface area contributed by atoms with Crippen LogP contribution in [0.15, 0.2) is 24.3 Å². The third kappa shape index (κ3) is 1.75. The van der Waals surface area contributed by atoms with E-state index in [2.05, 4.69) is 0 Å². The van der Waals surface area contributed by atoms with Gasteiger partial charge in [-0.15, -0.1) is 0 Å². The van der Waals surface area contributed by atoms with Gasteiger partial charge in [-0.25, -0.2) is 0 Å². The molecule has 1 aromatic rings. The van der Waals surface area contributed by atoms with Crippen LogP contribution in [-0.4, -0.2) is 32.2 Å². The first-order valence-corrected chi connectivity index (χ1v) is 7.34. The van der Waals surface area contributed by atoms with Crippen LogP contribution in [0.25, 0.3) is 0 Å². The predicted octanol–water partition coefficient (Wildman–Crippen LogP) is 1.69. The minimum absolute atomic E-state index is 0.0323. The number of benzene rings is 1. The average Bonchev–Trinajstić information content (AvgIpc) is 3.14. The summed E-state index contributed by atoms with van der Waals surface area (Å²) < 4.78 is 23.7.